The van der Waals surface area contributed by atoms with Crippen molar-refractivity contribution in [1.82, 2.24) is 4.90 Å². The van der Waals surface area contributed by atoms with Crippen LogP contribution in [0.1, 0.15) is 31.8 Å². The van der Waals surface area contributed by atoms with E-state index in [1.165, 1.54) is 61.5 Å². The van der Waals surface area contributed by atoms with E-state index < -0.39 is 23.6 Å². The minimum absolute atomic E-state index is 0.0111. The third-order valence-electron chi connectivity index (χ3n) is 3.63. The van der Waals surface area contributed by atoms with Crippen LogP contribution in [0, 0.1) is 0 Å². The molecule has 0 N–H and O–H groups in total. The Hall–Kier alpha value is -2.83. The minimum atomic E-state index is -4.48. The second kappa shape index (κ2) is 7.38. The highest BCUT2D eigenvalue weighted by Crippen LogP contribution is 2.32. The summed E-state index contributed by atoms with van der Waals surface area (Å²) in [5.41, 5.74) is -0.212. The molecule has 0 aliphatic rings. The monoisotopic (exact) mass is 351 g/mol. The maximum absolute atomic E-state index is 13.0. The molecule has 0 heterocycles. The number of hydrogen-bond acceptors (Lipinski definition) is 3. The third-order valence-corrected chi connectivity index (χ3v) is 3.63. The fourth-order valence-corrected chi connectivity index (χ4v) is 2.35. The summed E-state index contributed by atoms with van der Waals surface area (Å²) in [5.74, 6) is -0.986. The van der Waals surface area contributed by atoms with Gasteiger partial charge >= 0.3 is 12.1 Å². The number of methoxy groups -OCH3 is 1. The Balaban J connectivity index is 2.17. The van der Waals surface area contributed by atoms with Gasteiger partial charge in [0.25, 0.3) is 5.91 Å². The smallest absolute Gasteiger partial charge is 0.416 e. The van der Waals surface area contributed by atoms with Gasteiger partial charge < -0.3 is 9.64 Å². The molecule has 0 spiro atoms. The van der Waals surface area contributed by atoms with Crippen LogP contribution < -0.4 is 0 Å². The van der Waals surface area contributed by atoms with Gasteiger partial charge in [-0.2, -0.15) is 13.2 Å². The molecule has 0 bridgehead atoms. The highest BCUT2D eigenvalue weighted by Gasteiger charge is 2.33. The number of rotatable bonds is 4. The van der Waals surface area contributed by atoms with Crippen LogP contribution in [0.3, 0.4) is 0 Å². The molecule has 132 valence electrons. The molecule has 0 aliphatic heterocycles. The molecule has 0 saturated carbocycles. The number of hydrogen-bond donors (Lipinski definition) is 0. The molecule has 2 rings (SSSR count). The molecule has 0 radical (unpaired) electrons. The second-order valence-corrected chi connectivity index (χ2v) is 5.39. The summed E-state index contributed by atoms with van der Waals surface area (Å²) in [5, 5.41) is 0. The predicted molar refractivity (Wildman–Crippen MR) is 85.0 cm³/mol. The lowest BCUT2D eigenvalue weighted by Crippen LogP contribution is -2.27. The summed E-state index contributed by atoms with van der Waals surface area (Å²) in [6, 6.07) is 10.8. The highest BCUT2D eigenvalue weighted by molar-refractivity contribution is 5.96. The number of carbonyl (C=O) groups is 2. The number of nitrogens with zero attached hydrogens (tertiary/aromatic N) is 1. The molecule has 7 heteroatoms. The first-order chi connectivity index (χ1) is 11.7. The van der Waals surface area contributed by atoms with Crippen LogP contribution in [0.15, 0.2) is 48.5 Å². The Bertz CT molecular complexity index is 770. The summed E-state index contributed by atoms with van der Waals surface area (Å²) in [6.45, 7) is -0.187. The van der Waals surface area contributed by atoms with Gasteiger partial charge in [-0.1, -0.05) is 18.2 Å². The number of amides is 1. The summed E-state index contributed by atoms with van der Waals surface area (Å²) in [7, 11) is 2.66. The molecule has 0 fully saturated rings. The molecule has 25 heavy (non-hydrogen) atoms. The van der Waals surface area contributed by atoms with Crippen molar-refractivity contribution in [3.63, 3.8) is 0 Å². The zero-order valence-corrected chi connectivity index (χ0v) is 13.6. The van der Waals surface area contributed by atoms with Crippen LogP contribution >= 0.6 is 0 Å². The van der Waals surface area contributed by atoms with Crippen LogP contribution in [0.2, 0.25) is 0 Å². The van der Waals surface area contributed by atoms with E-state index in [0.29, 0.717) is 0 Å². The van der Waals surface area contributed by atoms with Crippen LogP contribution in [0.4, 0.5) is 13.2 Å². The Labute approximate surface area is 142 Å². The fourth-order valence-electron chi connectivity index (χ4n) is 2.35. The van der Waals surface area contributed by atoms with Crippen molar-refractivity contribution >= 4 is 11.9 Å². The number of ether oxygens (including phenoxy) is 1. The quantitative estimate of drug-likeness (QED) is 0.788. The van der Waals surface area contributed by atoms with E-state index in [9.17, 15) is 22.8 Å². The molecule has 2 aromatic carbocycles. The molecular weight excluding hydrogens is 335 g/mol. The van der Waals surface area contributed by atoms with Crippen molar-refractivity contribution in [1.29, 1.82) is 0 Å². The SMILES string of the molecule is COC(=O)c1ccc(C(=O)N(C)Cc2ccccc2C(F)(F)F)cc1. The Morgan fingerprint density at radius 3 is 2.12 bits per heavy atom. The van der Waals surface area contributed by atoms with Crippen LogP contribution in [0.25, 0.3) is 0 Å². The van der Waals surface area contributed by atoms with Gasteiger partial charge in [-0.3, -0.25) is 4.79 Å². The summed E-state index contributed by atoms with van der Waals surface area (Å²) >= 11 is 0. The average Bonchev–Trinajstić information content (AvgIpc) is 2.60. The van der Waals surface area contributed by atoms with Crippen molar-refractivity contribution in [2.75, 3.05) is 14.2 Å². The number of benzene rings is 2. The lowest BCUT2D eigenvalue weighted by molar-refractivity contribution is -0.138. The predicted octanol–water partition coefficient (Wildman–Crippen LogP) is 3.76. The average molecular weight is 351 g/mol. The van der Waals surface area contributed by atoms with Gasteiger partial charge in [0.15, 0.2) is 0 Å². The molecule has 0 unspecified atom stereocenters. The van der Waals surface area contributed by atoms with Crippen LogP contribution in [-0.2, 0) is 17.5 Å². The van der Waals surface area contributed by atoms with Crippen molar-refractivity contribution in [3.05, 3.63) is 70.8 Å². The Kier molecular flexibility index (Phi) is 5.46. The number of carbonyl (C=O) groups excluding carboxylic acids is 2. The topological polar surface area (TPSA) is 46.6 Å². The molecule has 0 aliphatic carbocycles. The van der Waals surface area contributed by atoms with Gasteiger partial charge in [0.05, 0.1) is 18.2 Å². The van der Waals surface area contributed by atoms with E-state index in [1.54, 1.807) is 0 Å². The maximum Gasteiger partial charge on any atom is 0.416 e. The van der Waals surface area contributed by atoms with E-state index in [1.807, 2.05) is 0 Å². The molecule has 0 aromatic heterocycles. The van der Waals surface area contributed by atoms with Crippen molar-refractivity contribution in [2.45, 2.75) is 12.7 Å². The standard InChI is InChI=1S/C18H16F3NO3/c1-22(11-14-5-3-4-6-15(14)18(19,20)21)16(23)12-7-9-13(10-8-12)17(24)25-2/h3-10H,11H2,1-2H3. The summed E-state index contributed by atoms with van der Waals surface area (Å²) < 4.78 is 43.7. The first kappa shape index (κ1) is 18.5. The van der Waals surface area contributed by atoms with Crippen LogP contribution in [-0.4, -0.2) is 30.9 Å². The maximum atomic E-state index is 13.0. The van der Waals surface area contributed by atoms with Gasteiger partial charge in [-0.05, 0) is 35.9 Å². The number of halogens is 3. The zero-order valence-electron chi connectivity index (χ0n) is 13.6. The molecule has 1 amide bonds. The molecule has 0 atom stereocenters. The normalized spacial score (nSPS) is 11.1. The van der Waals surface area contributed by atoms with Gasteiger partial charge in [0.1, 0.15) is 0 Å². The molecular formula is C18H16F3NO3. The van der Waals surface area contributed by atoms with Crippen molar-refractivity contribution < 1.29 is 27.5 Å². The van der Waals surface area contributed by atoms with Gasteiger partial charge in [0.2, 0.25) is 0 Å². The summed E-state index contributed by atoms with van der Waals surface area (Å²) in [6.07, 6.45) is -4.48. The largest absolute Gasteiger partial charge is 0.465 e. The van der Waals surface area contributed by atoms with Crippen molar-refractivity contribution in [2.24, 2.45) is 0 Å². The van der Waals surface area contributed by atoms with Crippen LogP contribution in [0.5, 0.6) is 0 Å². The minimum Gasteiger partial charge on any atom is -0.465 e. The Morgan fingerprint density at radius 1 is 1.00 bits per heavy atom. The van der Waals surface area contributed by atoms with E-state index >= 15 is 0 Å². The second-order valence-electron chi connectivity index (χ2n) is 5.39. The van der Waals surface area contributed by atoms with E-state index in [-0.39, 0.29) is 23.2 Å². The van der Waals surface area contributed by atoms with Gasteiger partial charge in [-0.25, -0.2) is 4.79 Å². The van der Waals surface area contributed by atoms with Gasteiger partial charge in [-0.15, -0.1) is 0 Å². The van der Waals surface area contributed by atoms with Crippen molar-refractivity contribution in [3.8, 4) is 0 Å². The third kappa shape index (κ3) is 4.37. The molecule has 2 aromatic rings. The summed E-state index contributed by atoms with van der Waals surface area (Å²) in [4.78, 5) is 25.0. The number of alkyl halides is 3. The lowest BCUT2D eigenvalue weighted by atomic mass is 10.1. The lowest BCUT2D eigenvalue weighted by Gasteiger charge is -2.20. The van der Waals surface area contributed by atoms with E-state index in [0.717, 1.165) is 6.07 Å². The zero-order chi connectivity index (χ0) is 18.6. The van der Waals surface area contributed by atoms with Gasteiger partial charge in [0, 0.05) is 19.2 Å². The Morgan fingerprint density at radius 2 is 1.56 bits per heavy atom. The fraction of sp³-hybridized carbons (Fsp3) is 0.222. The number of esters is 1. The molecule has 4 nitrogen and oxygen atoms in total. The van der Waals surface area contributed by atoms with E-state index in [2.05, 4.69) is 4.74 Å². The first-order valence-corrected chi connectivity index (χ1v) is 7.33. The first-order valence-electron chi connectivity index (χ1n) is 7.33. The molecule has 0 saturated heterocycles. The van der Waals surface area contributed by atoms with E-state index in [4.69, 9.17) is 0 Å². The highest BCUT2D eigenvalue weighted by atomic mass is 19.4.